The molecule has 33 heavy (non-hydrogen) atoms. The molecule has 8 heteroatoms. The van der Waals surface area contributed by atoms with Crippen molar-refractivity contribution in [3.63, 3.8) is 0 Å². The molecular formula is C25H29N3O5. The number of ether oxygens (including phenoxy) is 3. The Labute approximate surface area is 193 Å². The molecule has 2 heterocycles. The second-order valence-corrected chi connectivity index (χ2v) is 7.95. The molecule has 1 unspecified atom stereocenters. The van der Waals surface area contributed by atoms with Gasteiger partial charge in [0, 0.05) is 30.5 Å². The fourth-order valence-corrected chi connectivity index (χ4v) is 4.24. The molecule has 0 aliphatic carbocycles. The summed E-state index contributed by atoms with van der Waals surface area (Å²) in [6.45, 7) is 0.742. The van der Waals surface area contributed by atoms with Crippen LogP contribution < -0.4 is 14.2 Å². The lowest BCUT2D eigenvalue weighted by Crippen LogP contribution is -2.30. The third kappa shape index (κ3) is 5.10. The maximum absolute atomic E-state index is 13.0. The molecular weight excluding hydrogens is 422 g/mol. The molecule has 0 spiro atoms. The van der Waals surface area contributed by atoms with Gasteiger partial charge in [-0.25, -0.2) is 0 Å². The zero-order chi connectivity index (χ0) is 23.2. The summed E-state index contributed by atoms with van der Waals surface area (Å²) in [6.07, 6.45) is 3.48. The molecule has 0 saturated carbocycles. The number of rotatable bonds is 9. The van der Waals surface area contributed by atoms with E-state index in [0.29, 0.717) is 31.0 Å². The van der Waals surface area contributed by atoms with Gasteiger partial charge in [-0.3, -0.25) is 4.79 Å². The maximum atomic E-state index is 13.0. The van der Waals surface area contributed by atoms with Crippen molar-refractivity contribution in [1.82, 2.24) is 15.0 Å². The highest BCUT2D eigenvalue weighted by Gasteiger charge is 2.31. The van der Waals surface area contributed by atoms with Gasteiger partial charge in [-0.2, -0.15) is 4.98 Å². The number of methoxy groups -OCH3 is 3. The summed E-state index contributed by atoms with van der Waals surface area (Å²) in [5.41, 5.74) is 1.85. The first-order valence-corrected chi connectivity index (χ1v) is 11.1. The first kappa shape index (κ1) is 22.6. The van der Waals surface area contributed by atoms with Gasteiger partial charge < -0.3 is 23.6 Å². The van der Waals surface area contributed by atoms with Crippen molar-refractivity contribution in [3.05, 3.63) is 53.9 Å². The van der Waals surface area contributed by atoms with Gasteiger partial charge in [0.2, 0.25) is 17.6 Å². The van der Waals surface area contributed by atoms with Gasteiger partial charge >= 0.3 is 0 Å². The molecule has 4 rings (SSSR count). The highest BCUT2D eigenvalue weighted by molar-refractivity contribution is 5.77. The Balaban J connectivity index is 1.36. The SMILES string of the molecule is COc1ccc(-c2noc(CCCC(=O)N3CCCC3c3cc(OC)ccc3OC)n2)cc1. The number of aryl methyl sites for hydroxylation is 1. The number of carbonyl (C=O) groups excluding carboxylic acids is 1. The summed E-state index contributed by atoms with van der Waals surface area (Å²) < 4.78 is 21.5. The highest BCUT2D eigenvalue weighted by atomic mass is 16.5. The minimum atomic E-state index is -0.00682. The fourth-order valence-electron chi connectivity index (χ4n) is 4.24. The third-order valence-electron chi connectivity index (χ3n) is 5.97. The van der Waals surface area contributed by atoms with Gasteiger partial charge in [0.25, 0.3) is 0 Å². The van der Waals surface area contributed by atoms with Crippen molar-refractivity contribution in [3.8, 4) is 28.6 Å². The number of nitrogens with zero attached hydrogens (tertiary/aromatic N) is 3. The lowest BCUT2D eigenvalue weighted by atomic mass is 10.0. The monoisotopic (exact) mass is 451 g/mol. The largest absolute Gasteiger partial charge is 0.497 e. The van der Waals surface area contributed by atoms with E-state index in [4.69, 9.17) is 18.7 Å². The van der Waals surface area contributed by atoms with E-state index in [-0.39, 0.29) is 11.9 Å². The second kappa shape index (κ2) is 10.4. The van der Waals surface area contributed by atoms with Gasteiger partial charge in [-0.1, -0.05) is 5.16 Å². The Morgan fingerprint density at radius 3 is 2.55 bits per heavy atom. The van der Waals surface area contributed by atoms with Crippen molar-refractivity contribution in [2.45, 2.75) is 38.1 Å². The van der Waals surface area contributed by atoms with E-state index in [9.17, 15) is 4.79 Å². The zero-order valence-electron chi connectivity index (χ0n) is 19.2. The molecule has 1 amide bonds. The van der Waals surface area contributed by atoms with Crippen LogP contribution in [0.1, 0.15) is 43.2 Å². The summed E-state index contributed by atoms with van der Waals surface area (Å²) in [5.74, 6) is 3.49. The van der Waals surface area contributed by atoms with E-state index in [1.807, 2.05) is 47.4 Å². The molecule has 0 N–H and O–H groups in total. The molecule has 0 bridgehead atoms. The standard InChI is InChI=1S/C25H29N3O5/c1-30-18-11-9-17(10-12-18)25-26-23(33-27-25)7-4-8-24(29)28-15-5-6-21(28)20-16-19(31-2)13-14-22(20)32-3/h9-14,16,21H,4-8,15H2,1-3H3. The average Bonchev–Trinajstić information content (AvgIpc) is 3.54. The third-order valence-corrected chi connectivity index (χ3v) is 5.97. The first-order chi connectivity index (χ1) is 16.1. The predicted molar refractivity (Wildman–Crippen MR) is 122 cm³/mol. The van der Waals surface area contributed by atoms with Gasteiger partial charge in [0.1, 0.15) is 17.2 Å². The summed E-state index contributed by atoms with van der Waals surface area (Å²) in [5, 5.41) is 4.06. The van der Waals surface area contributed by atoms with Gasteiger partial charge in [0.05, 0.1) is 27.4 Å². The summed E-state index contributed by atoms with van der Waals surface area (Å²) in [7, 11) is 4.91. The van der Waals surface area contributed by atoms with Crippen LogP contribution >= 0.6 is 0 Å². The van der Waals surface area contributed by atoms with Crippen LogP contribution in [0.15, 0.2) is 47.0 Å². The number of hydrogen-bond acceptors (Lipinski definition) is 7. The molecule has 0 radical (unpaired) electrons. The number of hydrogen-bond donors (Lipinski definition) is 0. The van der Waals surface area contributed by atoms with E-state index in [0.717, 1.165) is 47.8 Å². The minimum Gasteiger partial charge on any atom is -0.497 e. The van der Waals surface area contributed by atoms with Gasteiger partial charge in [-0.15, -0.1) is 0 Å². The fraction of sp³-hybridized carbons (Fsp3) is 0.400. The number of amides is 1. The molecule has 3 aromatic rings. The summed E-state index contributed by atoms with van der Waals surface area (Å²) in [4.78, 5) is 19.4. The lowest BCUT2D eigenvalue weighted by Gasteiger charge is -2.26. The van der Waals surface area contributed by atoms with E-state index in [1.165, 1.54) is 0 Å². The number of carbonyl (C=O) groups is 1. The zero-order valence-corrected chi connectivity index (χ0v) is 19.2. The molecule has 1 aliphatic heterocycles. The molecule has 174 valence electrons. The quantitative estimate of drug-likeness (QED) is 0.475. The van der Waals surface area contributed by atoms with Crippen molar-refractivity contribution in [1.29, 1.82) is 0 Å². The Hall–Kier alpha value is -3.55. The van der Waals surface area contributed by atoms with Crippen LogP contribution in [0.25, 0.3) is 11.4 Å². The van der Waals surface area contributed by atoms with Gasteiger partial charge in [-0.05, 0) is 61.7 Å². The minimum absolute atomic E-state index is 0.00682. The molecule has 1 aromatic heterocycles. The molecule has 1 fully saturated rings. The van der Waals surface area contributed by atoms with Crippen LogP contribution in [0.5, 0.6) is 17.2 Å². The summed E-state index contributed by atoms with van der Waals surface area (Å²) in [6, 6.07) is 13.2. The Morgan fingerprint density at radius 2 is 1.82 bits per heavy atom. The topological polar surface area (TPSA) is 86.9 Å². The van der Waals surface area contributed by atoms with E-state index >= 15 is 0 Å². The predicted octanol–water partition coefficient (Wildman–Crippen LogP) is 4.45. The lowest BCUT2D eigenvalue weighted by molar-refractivity contribution is -0.132. The maximum Gasteiger partial charge on any atom is 0.226 e. The molecule has 8 nitrogen and oxygen atoms in total. The average molecular weight is 452 g/mol. The Morgan fingerprint density at radius 1 is 1.06 bits per heavy atom. The molecule has 1 atom stereocenters. The number of benzene rings is 2. The number of likely N-dealkylation sites (tertiary alicyclic amines) is 1. The second-order valence-electron chi connectivity index (χ2n) is 7.95. The number of aromatic nitrogens is 2. The van der Waals surface area contributed by atoms with E-state index in [2.05, 4.69) is 10.1 Å². The smallest absolute Gasteiger partial charge is 0.226 e. The van der Waals surface area contributed by atoms with Crippen LogP contribution in [0.2, 0.25) is 0 Å². The Kier molecular flexibility index (Phi) is 7.12. The normalized spacial score (nSPS) is 15.5. The van der Waals surface area contributed by atoms with Crippen molar-refractivity contribution in [2.24, 2.45) is 0 Å². The molecule has 1 aliphatic rings. The van der Waals surface area contributed by atoms with Crippen LogP contribution in [-0.4, -0.2) is 48.8 Å². The van der Waals surface area contributed by atoms with Crippen molar-refractivity contribution >= 4 is 5.91 Å². The first-order valence-electron chi connectivity index (χ1n) is 11.1. The van der Waals surface area contributed by atoms with E-state index < -0.39 is 0 Å². The van der Waals surface area contributed by atoms with Crippen LogP contribution in [0.3, 0.4) is 0 Å². The van der Waals surface area contributed by atoms with Gasteiger partial charge in [0.15, 0.2) is 0 Å². The molecule has 1 saturated heterocycles. The van der Waals surface area contributed by atoms with Crippen LogP contribution in [0.4, 0.5) is 0 Å². The van der Waals surface area contributed by atoms with Crippen LogP contribution in [-0.2, 0) is 11.2 Å². The Bertz CT molecular complexity index is 1080. The molecule has 2 aromatic carbocycles. The van der Waals surface area contributed by atoms with Crippen molar-refractivity contribution < 1.29 is 23.5 Å². The van der Waals surface area contributed by atoms with Crippen LogP contribution in [0, 0.1) is 0 Å². The van der Waals surface area contributed by atoms with E-state index in [1.54, 1.807) is 21.3 Å². The highest BCUT2D eigenvalue weighted by Crippen LogP contribution is 2.39. The van der Waals surface area contributed by atoms with Crippen molar-refractivity contribution in [2.75, 3.05) is 27.9 Å². The summed E-state index contributed by atoms with van der Waals surface area (Å²) >= 11 is 0.